The number of pyridine rings is 1. The van der Waals surface area contributed by atoms with Crippen LogP contribution in [0.3, 0.4) is 0 Å². The molecular formula is C13H14FN3. The van der Waals surface area contributed by atoms with Gasteiger partial charge in [-0.2, -0.15) is 0 Å². The fourth-order valence-electron chi connectivity index (χ4n) is 2.39. The number of aromatic nitrogens is 1. The molecule has 1 aliphatic rings. The fraction of sp³-hybridized carbons (Fsp3) is 0.308. The standard InChI is InChI=1S/C13H14FN3/c14-9-1-2-12-11(7-9)13(3-5-16-12)17-6-4-10(15)8-17/h1-3,5,7,10H,4,6,8,15H2. The number of halogens is 1. The molecule has 1 aliphatic heterocycles. The number of anilines is 1. The van der Waals surface area contributed by atoms with Crippen LogP contribution in [-0.2, 0) is 0 Å². The SMILES string of the molecule is NC1CCN(c2ccnc3ccc(F)cc23)C1. The Balaban J connectivity index is 2.12. The molecule has 2 aromatic rings. The Hall–Kier alpha value is -1.68. The molecular weight excluding hydrogens is 217 g/mol. The molecule has 1 unspecified atom stereocenters. The molecule has 0 radical (unpaired) electrons. The minimum atomic E-state index is -0.227. The fourth-order valence-corrected chi connectivity index (χ4v) is 2.39. The van der Waals surface area contributed by atoms with Crippen molar-refractivity contribution in [1.82, 2.24) is 4.98 Å². The summed E-state index contributed by atoms with van der Waals surface area (Å²) >= 11 is 0. The molecule has 1 atom stereocenters. The average Bonchev–Trinajstić information content (AvgIpc) is 2.75. The molecule has 1 saturated heterocycles. The van der Waals surface area contributed by atoms with Gasteiger partial charge >= 0.3 is 0 Å². The van der Waals surface area contributed by atoms with Crippen LogP contribution < -0.4 is 10.6 Å². The van der Waals surface area contributed by atoms with Crippen molar-refractivity contribution in [2.24, 2.45) is 5.73 Å². The number of fused-ring (bicyclic) bond motifs is 1. The second kappa shape index (κ2) is 3.96. The summed E-state index contributed by atoms with van der Waals surface area (Å²) in [6, 6.07) is 6.84. The van der Waals surface area contributed by atoms with Crippen LogP contribution >= 0.6 is 0 Å². The van der Waals surface area contributed by atoms with Crippen molar-refractivity contribution in [3.63, 3.8) is 0 Å². The summed E-state index contributed by atoms with van der Waals surface area (Å²) in [5, 5.41) is 0.863. The quantitative estimate of drug-likeness (QED) is 0.815. The predicted octanol–water partition coefficient (Wildman–Crippen LogP) is 1.91. The van der Waals surface area contributed by atoms with Crippen LogP contribution in [-0.4, -0.2) is 24.1 Å². The van der Waals surface area contributed by atoms with Gasteiger partial charge in [0.2, 0.25) is 0 Å². The highest BCUT2D eigenvalue weighted by Crippen LogP contribution is 2.28. The van der Waals surface area contributed by atoms with Crippen LogP contribution in [0.15, 0.2) is 30.5 Å². The largest absolute Gasteiger partial charge is 0.369 e. The number of nitrogens with zero attached hydrogens (tertiary/aromatic N) is 2. The zero-order valence-electron chi connectivity index (χ0n) is 9.44. The van der Waals surface area contributed by atoms with Crippen LogP contribution in [0.25, 0.3) is 10.9 Å². The van der Waals surface area contributed by atoms with Crippen molar-refractivity contribution in [3.05, 3.63) is 36.3 Å². The third-order valence-corrected chi connectivity index (χ3v) is 3.25. The first-order valence-electron chi connectivity index (χ1n) is 5.79. The molecule has 4 heteroatoms. The first kappa shape index (κ1) is 10.5. The molecule has 0 amide bonds. The number of rotatable bonds is 1. The highest BCUT2D eigenvalue weighted by Gasteiger charge is 2.20. The summed E-state index contributed by atoms with van der Waals surface area (Å²) in [6.45, 7) is 1.76. The smallest absolute Gasteiger partial charge is 0.124 e. The summed E-state index contributed by atoms with van der Waals surface area (Å²) in [5.41, 5.74) is 7.76. The maximum Gasteiger partial charge on any atom is 0.124 e. The van der Waals surface area contributed by atoms with E-state index in [0.29, 0.717) is 0 Å². The Labute approximate surface area is 99.1 Å². The highest BCUT2D eigenvalue weighted by molar-refractivity contribution is 5.91. The van der Waals surface area contributed by atoms with Crippen molar-refractivity contribution < 1.29 is 4.39 Å². The molecule has 2 heterocycles. The zero-order chi connectivity index (χ0) is 11.8. The number of hydrogen-bond donors (Lipinski definition) is 1. The van der Waals surface area contributed by atoms with Crippen LogP contribution in [0.5, 0.6) is 0 Å². The number of nitrogens with two attached hydrogens (primary N) is 1. The highest BCUT2D eigenvalue weighted by atomic mass is 19.1. The molecule has 0 spiro atoms. The lowest BCUT2D eigenvalue weighted by Crippen LogP contribution is -2.26. The molecule has 1 aromatic heterocycles. The van der Waals surface area contributed by atoms with Crippen molar-refractivity contribution in [1.29, 1.82) is 0 Å². The van der Waals surface area contributed by atoms with Gasteiger partial charge in [0, 0.05) is 36.4 Å². The van der Waals surface area contributed by atoms with Crippen molar-refractivity contribution in [3.8, 4) is 0 Å². The number of benzene rings is 1. The van der Waals surface area contributed by atoms with Gasteiger partial charge in [0.05, 0.1) is 5.52 Å². The molecule has 2 N–H and O–H groups in total. The Morgan fingerprint density at radius 3 is 3.00 bits per heavy atom. The van der Waals surface area contributed by atoms with E-state index in [1.54, 1.807) is 18.3 Å². The van der Waals surface area contributed by atoms with Gasteiger partial charge in [-0.25, -0.2) is 4.39 Å². The first-order valence-corrected chi connectivity index (χ1v) is 5.79. The van der Waals surface area contributed by atoms with Gasteiger partial charge in [-0.15, -0.1) is 0 Å². The molecule has 17 heavy (non-hydrogen) atoms. The van der Waals surface area contributed by atoms with Crippen LogP contribution in [0.1, 0.15) is 6.42 Å². The third kappa shape index (κ3) is 1.85. The van der Waals surface area contributed by atoms with E-state index in [1.807, 2.05) is 6.07 Å². The molecule has 3 nitrogen and oxygen atoms in total. The minimum absolute atomic E-state index is 0.215. The topological polar surface area (TPSA) is 42.1 Å². The average molecular weight is 231 g/mol. The normalized spacial score (nSPS) is 20.1. The van der Waals surface area contributed by atoms with Crippen LogP contribution in [0.4, 0.5) is 10.1 Å². The number of hydrogen-bond acceptors (Lipinski definition) is 3. The van der Waals surface area contributed by atoms with E-state index < -0.39 is 0 Å². The van der Waals surface area contributed by atoms with Gasteiger partial charge in [-0.05, 0) is 30.7 Å². The van der Waals surface area contributed by atoms with Gasteiger partial charge in [0.1, 0.15) is 5.82 Å². The molecule has 0 bridgehead atoms. The monoisotopic (exact) mass is 231 g/mol. The maximum atomic E-state index is 13.3. The van der Waals surface area contributed by atoms with Crippen LogP contribution in [0, 0.1) is 5.82 Å². The van der Waals surface area contributed by atoms with Gasteiger partial charge in [-0.1, -0.05) is 0 Å². The second-order valence-corrected chi connectivity index (χ2v) is 4.49. The van der Waals surface area contributed by atoms with E-state index in [2.05, 4.69) is 9.88 Å². The molecule has 1 aromatic carbocycles. The Bertz CT molecular complexity index is 555. The predicted molar refractivity (Wildman–Crippen MR) is 66.5 cm³/mol. The minimum Gasteiger partial charge on any atom is -0.369 e. The van der Waals surface area contributed by atoms with Crippen molar-refractivity contribution in [2.75, 3.05) is 18.0 Å². The lowest BCUT2D eigenvalue weighted by molar-refractivity contribution is 0.629. The van der Waals surface area contributed by atoms with Gasteiger partial charge in [-0.3, -0.25) is 4.98 Å². The third-order valence-electron chi connectivity index (χ3n) is 3.25. The van der Waals surface area contributed by atoms with E-state index in [0.717, 1.165) is 36.1 Å². The molecule has 3 rings (SSSR count). The van der Waals surface area contributed by atoms with Crippen LogP contribution in [0.2, 0.25) is 0 Å². The zero-order valence-corrected chi connectivity index (χ0v) is 9.44. The first-order chi connectivity index (χ1) is 8.24. The Morgan fingerprint density at radius 2 is 2.24 bits per heavy atom. The lowest BCUT2D eigenvalue weighted by atomic mass is 10.1. The van der Waals surface area contributed by atoms with Gasteiger partial charge < -0.3 is 10.6 Å². The van der Waals surface area contributed by atoms with Gasteiger partial charge in [0.15, 0.2) is 0 Å². The Kier molecular flexibility index (Phi) is 2.44. The Morgan fingerprint density at radius 1 is 1.35 bits per heavy atom. The lowest BCUT2D eigenvalue weighted by Gasteiger charge is -2.19. The van der Waals surface area contributed by atoms with Gasteiger partial charge in [0.25, 0.3) is 0 Å². The van der Waals surface area contributed by atoms with Crippen molar-refractivity contribution >= 4 is 16.6 Å². The van der Waals surface area contributed by atoms with E-state index in [-0.39, 0.29) is 11.9 Å². The molecule has 0 aliphatic carbocycles. The van der Waals surface area contributed by atoms with E-state index >= 15 is 0 Å². The summed E-state index contributed by atoms with van der Waals surface area (Å²) in [6.07, 6.45) is 2.75. The van der Waals surface area contributed by atoms with E-state index in [1.165, 1.54) is 6.07 Å². The summed E-state index contributed by atoms with van der Waals surface area (Å²) < 4.78 is 13.3. The van der Waals surface area contributed by atoms with Crippen molar-refractivity contribution in [2.45, 2.75) is 12.5 Å². The molecule has 88 valence electrons. The summed E-state index contributed by atoms with van der Waals surface area (Å²) in [5.74, 6) is -0.227. The maximum absolute atomic E-state index is 13.3. The van der Waals surface area contributed by atoms with E-state index in [9.17, 15) is 4.39 Å². The molecule has 1 fully saturated rings. The second-order valence-electron chi connectivity index (χ2n) is 4.49. The molecule has 0 saturated carbocycles. The summed E-state index contributed by atoms with van der Waals surface area (Å²) in [4.78, 5) is 6.45. The summed E-state index contributed by atoms with van der Waals surface area (Å²) in [7, 11) is 0. The van der Waals surface area contributed by atoms with E-state index in [4.69, 9.17) is 5.73 Å².